The first-order chi connectivity index (χ1) is 33.8. The van der Waals surface area contributed by atoms with Gasteiger partial charge in [-0.2, -0.15) is 0 Å². The van der Waals surface area contributed by atoms with Crippen molar-refractivity contribution in [2.24, 2.45) is 0 Å². The Morgan fingerprint density at radius 1 is 0.147 bits per heavy atom. The van der Waals surface area contributed by atoms with Crippen molar-refractivity contribution in [1.82, 2.24) is 0 Å². The lowest BCUT2D eigenvalue weighted by molar-refractivity contribution is 1.56. The summed E-state index contributed by atoms with van der Waals surface area (Å²) in [5, 5.41) is 12.8. The van der Waals surface area contributed by atoms with Crippen LogP contribution in [0.15, 0.2) is 243 Å². The van der Waals surface area contributed by atoms with E-state index in [-0.39, 0.29) is 0 Å². The summed E-state index contributed by atoms with van der Waals surface area (Å²) in [6.45, 7) is 0. The highest BCUT2D eigenvalue weighted by Crippen LogP contribution is 2.58. The molecule has 0 radical (unpaired) electrons. The Balaban J connectivity index is 1.06. The number of hydrogen-bond acceptors (Lipinski definition) is 0. The third-order valence-corrected chi connectivity index (χ3v) is 15.2. The molecule has 0 saturated carbocycles. The minimum atomic E-state index is 1.19. The van der Waals surface area contributed by atoms with E-state index in [0.29, 0.717) is 0 Å². The van der Waals surface area contributed by atoms with Gasteiger partial charge in [-0.3, -0.25) is 0 Å². The van der Waals surface area contributed by atoms with Crippen molar-refractivity contribution in [3.8, 4) is 100 Å². The Hall–Kier alpha value is -8.84. The van der Waals surface area contributed by atoms with E-state index in [0.717, 1.165) is 0 Å². The molecule has 2 aliphatic carbocycles. The van der Waals surface area contributed by atoms with Crippen LogP contribution in [0, 0.1) is 0 Å². The quantitative estimate of drug-likeness (QED) is 0.162. The molecule has 0 N–H and O–H groups in total. The van der Waals surface area contributed by atoms with Crippen molar-refractivity contribution in [1.29, 1.82) is 0 Å². The van der Waals surface area contributed by atoms with Crippen LogP contribution in [0.3, 0.4) is 0 Å². The lowest BCUT2D eigenvalue weighted by Crippen LogP contribution is -1.97. The molecule has 0 heteroatoms. The molecule has 312 valence electrons. The summed E-state index contributed by atoms with van der Waals surface area (Å²) in [4.78, 5) is 0. The molecule has 0 amide bonds. The van der Waals surface area contributed by atoms with Crippen LogP contribution in [-0.2, 0) is 0 Å². The molecule has 0 saturated heterocycles. The number of fused-ring (bicyclic) bond motifs is 11. The summed E-state index contributed by atoms with van der Waals surface area (Å²) < 4.78 is 0. The van der Waals surface area contributed by atoms with Crippen LogP contribution in [0.4, 0.5) is 0 Å². The summed E-state index contributed by atoms with van der Waals surface area (Å²) >= 11 is 0. The normalized spacial score (nSPS) is 12.1. The van der Waals surface area contributed by atoms with E-state index < -0.39 is 0 Å². The lowest BCUT2D eigenvalue weighted by Gasteiger charge is -2.24. The van der Waals surface area contributed by atoms with Gasteiger partial charge in [0.05, 0.1) is 0 Å². The van der Waals surface area contributed by atoms with Crippen molar-refractivity contribution in [2.75, 3.05) is 0 Å². The van der Waals surface area contributed by atoms with Gasteiger partial charge in [-0.05, 0) is 154 Å². The smallest absolute Gasteiger partial charge is 0.000785 e. The van der Waals surface area contributed by atoms with Crippen molar-refractivity contribution in [3.05, 3.63) is 243 Å². The SMILES string of the molecule is c1ccc(-c2cccc(-c3ccc4cccc5c4c3-c3c-5ccc4ccccc34)c2-c2ccc3ccccc3c2-c2ccccc2-c2ccc3cccc4c3c2-c2c-4ccc3ccccc23)cc1. The Morgan fingerprint density at radius 3 is 1.07 bits per heavy atom. The molecular weight excluding hydrogens is 817 g/mol. The number of hydrogen-bond donors (Lipinski definition) is 0. The molecule has 0 aliphatic heterocycles. The summed E-state index contributed by atoms with van der Waals surface area (Å²) in [6, 6.07) is 91.1. The maximum absolute atomic E-state index is 2.41. The fourth-order valence-corrected chi connectivity index (χ4v) is 12.3. The van der Waals surface area contributed by atoms with E-state index >= 15 is 0 Å². The molecule has 0 atom stereocenters. The van der Waals surface area contributed by atoms with E-state index in [4.69, 9.17) is 0 Å². The summed E-state index contributed by atoms with van der Waals surface area (Å²) in [7, 11) is 0. The van der Waals surface area contributed by atoms with Crippen LogP contribution >= 0.6 is 0 Å². The molecule has 0 spiro atoms. The largest absolute Gasteiger partial charge is 0.0622 e. The van der Waals surface area contributed by atoms with Gasteiger partial charge in [0.1, 0.15) is 0 Å². The summed E-state index contributed by atoms with van der Waals surface area (Å²) in [6.07, 6.45) is 0. The average molecular weight is 857 g/mol. The zero-order chi connectivity index (χ0) is 44.5. The molecule has 0 nitrogen and oxygen atoms in total. The molecule has 0 fully saturated rings. The predicted molar refractivity (Wildman–Crippen MR) is 290 cm³/mol. The Bertz CT molecular complexity index is 4300. The first-order valence-electron chi connectivity index (χ1n) is 23.8. The fraction of sp³-hybridized carbons (Fsp3) is 0. The summed E-state index contributed by atoms with van der Waals surface area (Å²) in [5.41, 5.74) is 22.8. The zero-order valence-corrected chi connectivity index (χ0v) is 37.1. The third-order valence-electron chi connectivity index (χ3n) is 15.2. The molecule has 15 rings (SSSR count). The molecule has 13 aromatic carbocycles. The molecular formula is C68H40. The van der Waals surface area contributed by atoms with Gasteiger partial charge in [0.25, 0.3) is 0 Å². The van der Waals surface area contributed by atoms with Gasteiger partial charge in [0.15, 0.2) is 0 Å². The Morgan fingerprint density at radius 2 is 0.500 bits per heavy atom. The Kier molecular flexibility index (Phi) is 7.88. The van der Waals surface area contributed by atoms with Crippen LogP contribution in [-0.4, -0.2) is 0 Å². The zero-order valence-electron chi connectivity index (χ0n) is 37.1. The van der Waals surface area contributed by atoms with Gasteiger partial charge in [0.2, 0.25) is 0 Å². The highest BCUT2D eigenvalue weighted by atomic mass is 14.3. The molecule has 0 aromatic heterocycles. The van der Waals surface area contributed by atoms with Gasteiger partial charge in [0, 0.05) is 0 Å². The van der Waals surface area contributed by atoms with E-state index in [2.05, 4.69) is 243 Å². The van der Waals surface area contributed by atoms with Crippen molar-refractivity contribution in [2.45, 2.75) is 0 Å². The molecule has 2 aliphatic rings. The van der Waals surface area contributed by atoms with Gasteiger partial charge in [-0.25, -0.2) is 0 Å². The predicted octanol–water partition coefficient (Wildman–Crippen LogP) is 19.1. The monoisotopic (exact) mass is 856 g/mol. The highest BCUT2D eigenvalue weighted by molar-refractivity contribution is 6.27. The third kappa shape index (κ3) is 5.20. The van der Waals surface area contributed by atoms with Crippen LogP contribution in [0.5, 0.6) is 0 Å². The molecule has 0 heterocycles. The summed E-state index contributed by atoms with van der Waals surface area (Å²) in [5.74, 6) is 0. The molecule has 0 bridgehead atoms. The average Bonchev–Trinajstić information content (AvgIpc) is 3.94. The van der Waals surface area contributed by atoms with E-state index in [1.165, 1.54) is 154 Å². The van der Waals surface area contributed by atoms with Gasteiger partial charge in [-0.1, -0.05) is 243 Å². The lowest BCUT2D eigenvalue weighted by atomic mass is 9.79. The minimum Gasteiger partial charge on any atom is -0.0622 e. The van der Waals surface area contributed by atoms with E-state index in [1.807, 2.05) is 0 Å². The van der Waals surface area contributed by atoms with Crippen molar-refractivity contribution in [3.63, 3.8) is 0 Å². The van der Waals surface area contributed by atoms with Gasteiger partial charge < -0.3 is 0 Å². The maximum Gasteiger partial charge on any atom is -0.000785 e. The van der Waals surface area contributed by atoms with Crippen LogP contribution < -0.4 is 0 Å². The standard InChI is InChI=1S/C68H40/c1-2-15-41(16-3-1)48-27-14-30-55(59-39-35-46-21-13-29-54-58-37-32-44-19-6-9-24-50(44)66(58)68(59)62(46)54)64(48)60-40-33-42-17-4-7-22-47(42)63(60)52-26-11-10-25-51(52)56-38-34-45-20-12-28-53-57-36-31-43-18-5-8-23-49(43)65(57)67(56)61(45)53/h1-40H. The Labute approximate surface area is 394 Å². The van der Waals surface area contributed by atoms with Gasteiger partial charge >= 0.3 is 0 Å². The number of benzene rings is 13. The number of rotatable bonds is 5. The van der Waals surface area contributed by atoms with Gasteiger partial charge in [-0.15, -0.1) is 0 Å². The molecule has 13 aromatic rings. The fourth-order valence-electron chi connectivity index (χ4n) is 12.3. The second-order valence-electron chi connectivity index (χ2n) is 18.6. The second kappa shape index (κ2) is 14.3. The first kappa shape index (κ1) is 37.4. The van der Waals surface area contributed by atoms with E-state index in [9.17, 15) is 0 Å². The van der Waals surface area contributed by atoms with Crippen LogP contribution in [0.1, 0.15) is 0 Å². The first-order valence-corrected chi connectivity index (χ1v) is 23.8. The topological polar surface area (TPSA) is 0 Å². The highest BCUT2D eigenvalue weighted by Gasteiger charge is 2.31. The molecule has 68 heavy (non-hydrogen) atoms. The van der Waals surface area contributed by atoms with Crippen LogP contribution in [0.25, 0.3) is 154 Å². The van der Waals surface area contributed by atoms with Crippen molar-refractivity contribution < 1.29 is 0 Å². The minimum absolute atomic E-state index is 1.19. The maximum atomic E-state index is 2.41. The van der Waals surface area contributed by atoms with Crippen molar-refractivity contribution >= 4 is 53.9 Å². The van der Waals surface area contributed by atoms with Crippen LogP contribution in [0.2, 0.25) is 0 Å². The molecule has 0 unspecified atom stereocenters. The second-order valence-corrected chi connectivity index (χ2v) is 18.6. The van der Waals surface area contributed by atoms with E-state index in [1.54, 1.807) is 0 Å².